The minimum Gasteiger partial charge on any atom is -0.348 e. The number of amides is 1. The first kappa shape index (κ1) is 20.6. The third-order valence-electron chi connectivity index (χ3n) is 5.62. The van der Waals surface area contributed by atoms with Crippen molar-refractivity contribution in [1.29, 1.82) is 0 Å². The van der Waals surface area contributed by atoms with Gasteiger partial charge in [0.15, 0.2) is 0 Å². The van der Waals surface area contributed by atoms with Crippen molar-refractivity contribution >= 4 is 28.5 Å². The lowest BCUT2D eigenvalue weighted by Crippen LogP contribution is -2.45. The van der Waals surface area contributed by atoms with Gasteiger partial charge in [-0.25, -0.2) is 9.18 Å². The minimum atomic E-state index is -0.361. The minimum absolute atomic E-state index is 0.0444. The van der Waals surface area contributed by atoms with E-state index in [2.05, 4.69) is 15.2 Å². The first-order chi connectivity index (χ1) is 14.4. The number of aromatic amines is 1. The molecule has 6 nitrogen and oxygen atoms in total. The molecule has 1 aliphatic rings. The number of carbonyl (C=O) groups excluding carboxylic acids is 1. The molecule has 1 atom stereocenters. The van der Waals surface area contributed by atoms with E-state index in [4.69, 9.17) is 11.6 Å². The van der Waals surface area contributed by atoms with Crippen molar-refractivity contribution in [3.8, 4) is 0 Å². The Kier molecular flexibility index (Phi) is 5.92. The number of fused-ring (bicyclic) bond motifs is 1. The summed E-state index contributed by atoms with van der Waals surface area (Å²) in [4.78, 5) is 29.9. The van der Waals surface area contributed by atoms with Gasteiger partial charge in [-0.3, -0.25) is 9.36 Å². The fourth-order valence-corrected chi connectivity index (χ4v) is 4.34. The number of likely N-dealkylation sites (tertiary alicyclic amines) is 1. The zero-order valence-electron chi connectivity index (χ0n) is 16.7. The van der Waals surface area contributed by atoms with Crippen molar-refractivity contribution in [3.63, 3.8) is 0 Å². The predicted octanol–water partition coefficient (Wildman–Crippen LogP) is 3.58. The average molecular weight is 431 g/mol. The molecule has 4 rings (SSSR count). The summed E-state index contributed by atoms with van der Waals surface area (Å²) >= 11 is 6.03. The zero-order valence-corrected chi connectivity index (χ0v) is 17.5. The number of hydrogen-bond acceptors (Lipinski definition) is 3. The Labute approximate surface area is 178 Å². The van der Waals surface area contributed by atoms with Crippen molar-refractivity contribution in [1.82, 2.24) is 19.8 Å². The maximum absolute atomic E-state index is 13.0. The zero-order chi connectivity index (χ0) is 21.3. The van der Waals surface area contributed by atoms with Crippen LogP contribution in [-0.2, 0) is 0 Å². The fraction of sp³-hybridized carbons (Fsp3) is 0.364. The molecule has 0 aliphatic carbocycles. The Balaban J connectivity index is 1.34. The Hall–Kier alpha value is -2.64. The molecule has 1 aromatic heterocycles. The smallest absolute Gasteiger partial charge is 0.326 e. The van der Waals surface area contributed by atoms with E-state index in [1.807, 2.05) is 17.6 Å². The lowest BCUT2D eigenvalue weighted by Gasteiger charge is -2.34. The van der Waals surface area contributed by atoms with E-state index in [9.17, 15) is 14.0 Å². The van der Waals surface area contributed by atoms with Crippen molar-refractivity contribution in [2.45, 2.75) is 31.8 Å². The summed E-state index contributed by atoms with van der Waals surface area (Å²) in [5, 5.41) is 3.56. The van der Waals surface area contributed by atoms with E-state index in [-0.39, 0.29) is 29.5 Å². The normalized spacial score (nSPS) is 16.6. The Bertz CT molecular complexity index is 1100. The molecule has 2 heterocycles. The fourth-order valence-electron chi connectivity index (χ4n) is 4.17. The molecule has 0 saturated carbocycles. The van der Waals surface area contributed by atoms with Gasteiger partial charge in [0.1, 0.15) is 5.82 Å². The second-order valence-electron chi connectivity index (χ2n) is 7.87. The topological polar surface area (TPSA) is 70.1 Å². The highest BCUT2D eigenvalue weighted by Crippen LogP contribution is 2.26. The van der Waals surface area contributed by atoms with Gasteiger partial charge in [0, 0.05) is 42.3 Å². The highest BCUT2D eigenvalue weighted by atomic mass is 35.5. The molecule has 1 unspecified atom stereocenters. The van der Waals surface area contributed by atoms with Crippen LogP contribution >= 0.6 is 11.6 Å². The number of halogens is 2. The molecule has 1 amide bonds. The molecular formula is C22H24ClFN4O2. The van der Waals surface area contributed by atoms with Gasteiger partial charge < -0.3 is 15.2 Å². The van der Waals surface area contributed by atoms with E-state index in [0.717, 1.165) is 43.5 Å². The number of carbonyl (C=O) groups is 1. The number of H-pyrrole nitrogens is 1. The van der Waals surface area contributed by atoms with Crippen LogP contribution in [0.15, 0.2) is 47.3 Å². The van der Waals surface area contributed by atoms with Gasteiger partial charge in [0.25, 0.3) is 5.91 Å². The molecule has 0 spiro atoms. The number of hydrogen-bond donors (Lipinski definition) is 2. The predicted molar refractivity (Wildman–Crippen MR) is 116 cm³/mol. The molecule has 8 heteroatoms. The molecular weight excluding hydrogens is 407 g/mol. The van der Waals surface area contributed by atoms with Gasteiger partial charge in [-0.2, -0.15) is 0 Å². The van der Waals surface area contributed by atoms with Crippen LogP contribution in [0.2, 0.25) is 5.02 Å². The van der Waals surface area contributed by atoms with Crippen molar-refractivity contribution in [2.24, 2.45) is 0 Å². The Morgan fingerprint density at radius 2 is 1.93 bits per heavy atom. The summed E-state index contributed by atoms with van der Waals surface area (Å²) in [6.07, 6.45) is 1.71. The second-order valence-corrected chi connectivity index (χ2v) is 8.31. The van der Waals surface area contributed by atoms with Crippen molar-refractivity contribution < 1.29 is 9.18 Å². The van der Waals surface area contributed by atoms with Crippen LogP contribution in [0.1, 0.15) is 36.2 Å². The molecule has 2 aromatic carbocycles. The molecule has 158 valence electrons. The number of imidazole rings is 1. The maximum atomic E-state index is 13.0. The molecule has 1 saturated heterocycles. The van der Waals surface area contributed by atoms with Gasteiger partial charge in [-0.15, -0.1) is 0 Å². The van der Waals surface area contributed by atoms with E-state index in [1.165, 1.54) is 24.3 Å². The number of aromatic nitrogens is 2. The van der Waals surface area contributed by atoms with Crippen molar-refractivity contribution in [2.75, 3.05) is 19.6 Å². The molecule has 1 fully saturated rings. The summed E-state index contributed by atoms with van der Waals surface area (Å²) in [5.41, 5.74) is 1.97. The highest BCUT2D eigenvalue weighted by Gasteiger charge is 2.24. The molecule has 0 bridgehead atoms. The van der Waals surface area contributed by atoms with E-state index >= 15 is 0 Å². The summed E-state index contributed by atoms with van der Waals surface area (Å²) in [6.45, 7) is 4.36. The standard InChI is InChI=1S/C22H24ClFN4O2/c1-14(25-21(29)15-2-5-17(24)6-3-15)13-27-10-8-18(9-11-27)28-20-7-4-16(23)12-19(20)26-22(28)30/h2-7,12,14,18H,8-11,13H2,1H3,(H,25,29)(H,26,30). The largest absolute Gasteiger partial charge is 0.348 e. The number of rotatable bonds is 5. The highest BCUT2D eigenvalue weighted by molar-refractivity contribution is 6.31. The van der Waals surface area contributed by atoms with E-state index < -0.39 is 0 Å². The lowest BCUT2D eigenvalue weighted by molar-refractivity contribution is 0.0921. The molecule has 30 heavy (non-hydrogen) atoms. The summed E-state index contributed by atoms with van der Waals surface area (Å²) in [5.74, 6) is -0.568. The van der Waals surface area contributed by atoms with Crippen LogP contribution in [0.3, 0.4) is 0 Å². The molecule has 0 radical (unpaired) electrons. The van der Waals surface area contributed by atoms with Gasteiger partial charge in [0.05, 0.1) is 11.0 Å². The molecule has 1 aliphatic heterocycles. The van der Waals surface area contributed by atoms with E-state index in [1.54, 1.807) is 12.1 Å². The summed E-state index contributed by atoms with van der Waals surface area (Å²) < 4.78 is 14.9. The third-order valence-corrected chi connectivity index (χ3v) is 5.85. The van der Waals surface area contributed by atoms with Gasteiger partial charge >= 0.3 is 5.69 Å². The Morgan fingerprint density at radius 1 is 1.23 bits per heavy atom. The number of piperidine rings is 1. The second kappa shape index (κ2) is 8.62. The Morgan fingerprint density at radius 3 is 2.63 bits per heavy atom. The van der Waals surface area contributed by atoms with Crippen molar-refractivity contribution in [3.05, 3.63) is 69.4 Å². The first-order valence-corrected chi connectivity index (χ1v) is 10.5. The van der Waals surface area contributed by atoms with Crippen LogP contribution in [0.5, 0.6) is 0 Å². The van der Waals surface area contributed by atoms with Crippen LogP contribution in [-0.4, -0.2) is 46.0 Å². The third kappa shape index (κ3) is 4.42. The quantitative estimate of drug-likeness (QED) is 0.650. The number of nitrogens with one attached hydrogen (secondary N) is 2. The van der Waals surface area contributed by atoms with Crippen LogP contribution in [0, 0.1) is 5.82 Å². The number of benzene rings is 2. The monoisotopic (exact) mass is 430 g/mol. The maximum Gasteiger partial charge on any atom is 0.326 e. The lowest BCUT2D eigenvalue weighted by atomic mass is 10.0. The van der Waals surface area contributed by atoms with Crippen LogP contribution < -0.4 is 11.0 Å². The van der Waals surface area contributed by atoms with Gasteiger partial charge in [0.2, 0.25) is 0 Å². The van der Waals surface area contributed by atoms with E-state index in [0.29, 0.717) is 10.6 Å². The molecule has 3 aromatic rings. The number of nitrogens with zero attached hydrogens (tertiary/aromatic N) is 2. The van der Waals surface area contributed by atoms with Gasteiger partial charge in [-0.05, 0) is 62.2 Å². The van der Waals surface area contributed by atoms with Gasteiger partial charge in [-0.1, -0.05) is 11.6 Å². The summed E-state index contributed by atoms with van der Waals surface area (Å²) in [6, 6.07) is 11.1. The van der Waals surface area contributed by atoms with Crippen LogP contribution in [0.4, 0.5) is 4.39 Å². The first-order valence-electron chi connectivity index (χ1n) is 10.1. The molecule has 2 N–H and O–H groups in total. The summed E-state index contributed by atoms with van der Waals surface area (Å²) in [7, 11) is 0. The SMILES string of the molecule is CC(CN1CCC(n2c(=O)[nH]c3cc(Cl)ccc32)CC1)NC(=O)c1ccc(F)cc1. The van der Waals surface area contributed by atoms with Crippen LogP contribution in [0.25, 0.3) is 11.0 Å². The average Bonchev–Trinajstić information content (AvgIpc) is 3.03.